The number of aliphatic imine (C=N–C) groups is 1. The number of carbonyl (C=O) groups excluding carboxylic acids is 2. The Morgan fingerprint density at radius 2 is 1.52 bits per heavy atom. The van der Waals surface area contributed by atoms with E-state index in [1.165, 1.54) is 24.8 Å². The van der Waals surface area contributed by atoms with Gasteiger partial charge in [0.05, 0.1) is 11.4 Å². The molecular weight excluding hydrogens is 520 g/mol. The van der Waals surface area contributed by atoms with E-state index in [0.717, 1.165) is 42.0 Å². The summed E-state index contributed by atoms with van der Waals surface area (Å²) in [6.07, 6.45) is 3.86. The molecule has 2 aliphatic rings. The summed E-state index contributed by atoms with van der Waals surface area (Å²) in [4.78, 5) is 36.2. The number of hydrogen-bond acceptors (Lipinski definition) is 4. The minimum absolute atomic E-state index is 0.0951. The smallest absolute Gasteiger partial charge is 0.253 e. The fourth-order valence-electron chi connectivity index (χ4n) is 5.91. The molecule has 4 aromatic carbocycles. The van der Waals surface area contributed by atoms with Crippen LogP contribution < -0.4 is 5.32 Å². The second-order valence-corrected chi connectivity index (χ2v) is 11.2. The van der Waals surface area contributed by atoms with Gasteiger partial charge in [0.25, 0.3) is 5.91 Å². The van der Waals surface area contributed by atoms with Crippen LogP contribution in [0.4, 0.5) is 11.4 Å². The van der Waals surface area contributed by atoms with Crippen molar-refractivity contribution in [2.45, 2.75) is 38.3 Å². The monoisotopic (exact) mass is 556 g/mol. The quantitative estimate of drug-likeness (QED) is 0.243. The molecule has 6 nitrogen and oxygen atoms in total. The maximum atomic E-state index is 13.5. The van der Waals surface area contributed by atoms with Crippen LogP contribution >= 0.6 is 0 Å². The molecule has 2 heterocycles. The molecule has 0 bridgehead atoms. The Morgan fingerprint density at radius 1 is 0.833 bits per heavy atom. The minimum atomic E-state index is -0.636. The standard InChI is InChI=1S/C36H36N4O2/c1-39(24-26-11-5-2-6-12-26)36(42)29-17-20-32-31(23-29)33(35(41)38-32)34(28-13-7-3-8-14-28)37-30-18-15-27(16-19-30)25-40-21-9-4-10-22-40/h2-3,5-8,11-20,23,33H,4,9-10,21-22,24-25H2,1H3,(H,38,41). The molecule has 1 saturated heterocycles. The highest BCUT2D eigenvalue weighted by Gasteiger charge is 2.36. The van der Waals surface area contributed by atoms with Crippen LogP contribution in [0.1, 0.15) is 57.8 Å². The molecule has 0 saturated carbocycles. The first-order valence-corrected chi connectivity index (χ1v) is 14.7. The van der Waals surface area contributed by atoms with Crippen molar-refractivity contribution in [2.24, 2.45) is 4.99 Å². The van der Waals surface area contributed by atoms with Gasteiger partial charge in [0.2, 0.25) is 5.91 Å². The summed E-state index contributed by atoms with van der Waals surface area (Å²) < 4.78 is 0. The van der Waals surface area contributed by atoms with Gasteiger partial charge in [-0.25, -0.2) is 0 Å². The van der Waals surface area contributed by atoms with Crippen LogP contribution in [0.2, 0.25) is 0 Å². The Kier molecular flexibility index (Phi) is 8.24. The number of piperidine rings is 1. The summed E-state index contributed by atoms with van der Waals surface area (Å²) in [5, 5.41) is 3.02. The average molecular weight is 557 g/mol. The van der Waals surface area contributed by atoms with Crippen molar-refractivity contribution in [1.82, 2.24) is 9.80 Å². The van der Waals surface area contributed by atoms with E-state index in [-0.39, 0.29) is 11.8 Å². The Morgan fingerprint density at radius 3 is 2.24 bits per heavy atom. The van der Waals surface area contributed by atoms with Crippen LogP contribution in [-0.4, -0.2) is 47.5 Å². The molecule has 4 aromatic rings. The van der Waals surface area contributed by atoms with Gasteiger partial charge < -0.3 is 10.2 Å². The third-order valence-electron chi connectivity index (χ3n) is 8.12. The Bertz CT molecular complexity index is 1580. The number of hydrogen-bond donors (Lipinski definition) is 1. The number of anilines is 1. The number of fused-ring (bicyclic) bond motifs is 1. The molecule has 6 heteroatoms. The average Bonchev–Trinajstić information content (AvgIpc) is 3.36. The molecule has 0 spiro atoms. The van der Waals surface area contributed by atoms with Crippen molar-refractivity contribution in [1.29, 1.82) is 0 Å². The molecule has 1 fully saturated rings. The van der Waals surface area contributed by atoms with Crippen LogP contribution in [0.3, 0.4) is 0 Å². The van der Waals surface area contributed by atoms with Crippen LogP contribution in [0.5, 0.6) is 0 Å². The molecule has 1 atom stereocenters. The molecule has 0 aromatic heterocycles. The van der Waals surface area contributed by atoms with Gasteiger partial charge in [-0.2, -0.15) is 0 Å². The number of benzene rings is 4. The van der Waals surface area contributed by atoms with Gasteiger partial charge in [-0.15, -0.1) is 0 Å². The molecule has 1 unspecified atom stereocenters. The van der Waals surface area contributed by atoms with E-state index in [9.17, 15) is 9.59 Å². The van der Waals surface area contributed by atoms with E-state index < -0.39 is 5.92 Å². The Labute approximate surface area is 247 Å². The fourth-order valence-corrected chi connectivity index (χ4v) is 5.91. The fraction of sp³-hybridized carbons (Fsp3) is 0.250. The van der Waals surface area contributed by atoms with Crippen molar-refractivity contribution >= 4 is 28.9 Å². The van der Waals surface area contributed by atoms with E-state index in [4.69, 9.17) is 4.99 Å². The predicted molar refractivity (Wildman–Crippen MR) is 168 cm³/mol. The Balaban J connectivity index is 1.30. The van der Waals surface area contributed by atoms with Gasteiger partial charge in [-0.3, -0.25) is 19.5 Å². The second-order valence-electron chi connectivity index (χ2n) is 11.2. The van der Waals surface area contributed by atoms with Gasteiger partial charge >= 0.3 is 0 Å². The SMILES string of the molecule is CN(Cc1ccccc1)C(=O)c1ccc2c(c1)C(C(=Nc1ccc(CN3CCCCC3)cc1)c1ccccc1)C(=O)N2. The van der Waals surface area contributed by atoms with Gasteiger partial charge in [0, 0.05) is 31.4 Å². The molecule has 0 aliphatic carbocycles. The molecule has 212 valence electrons. The third-order valence-corrected chi connectivity index (χ3v) is 8.12. The zero-order valence-electron chi connectivity index (χ0n) is 24.0. The number of likely N-dealkylation sites (tertiary alicyclic amines) is 1. The zero-order chi connectivity index (χ0) is 28.9. The van der Waals surface area contributed by atoms with E-state index in [1.807, 2.05) is 84.9 Å². The highest BCUT2D eigenvalue weighted by atomic mass is 16.2. The van der Waals surface area contributed by atoms with Gasteiger partial charge in [-0.1, -0.05) is 79.2 Å². The topological polar surface area (TPSA) is 65.0 Å². The maximum absolute atomic E-state index is 13.5. The summed E-state index contributed by atoms with van der Waals surface area (Å²) in [5.41, 5.74) is 6.69. The highest BCUT2D eigenvalue weighted by molar-refractivity contribution is 6.24. The highest BCUT2D eigenvalue weighted by Crippen LogP contribution is 2.37. The van der Waals surface area contributed by atoms with Gasteiger partial charge in [0.1, 0.15) is 5.92 Å². The van der Waals surface area contributed by atoms with Crippen LogP contribution in [-0.2, 0) is 17.9 Å². The lowest BCUT2D eigenvalue weighted by Crippen LogP contribution is -2.28. The molecule has 2 aliphatic heterocycles. The molecule has 2 amide bonds. The third kappa shape index (κ3) is 6.19. The van der Waals surface area contributed by atoms with Crippen molar-refractivity contribution in [3.05, 3.63) is 131 Å². The van der Waals surface area contributed by atoms with Crippen molar-refractivity contribution in [3.63, 3.8) is 0 Å². The molecule has 42 heavy (non-hydrogen) atoms. The number of nitrogens with zero attached hydrogens (tertiary/aromatic N) is 3. The molecule has 6 rings (SSSR count). The van der Waals surface area contributed by atoms with Crippen LogP contribution in [0, 0.1) is 0 Å². The number of nitrogens with one attached hydrogen (secondary N) is 1. The van der Waals surface area contributed by atoms with Crippen molar-refractivity contribution in [2.75, 3.05) is 25.5 Å². The predicted octanol–water partition coefficient (Wildman–Crippen LogP) is 6.80. The molecular formula is C36H36N4O2. The van der Waals surface area contributed by atoms with E-state index in [0.29, 0.717) is 23.5 Å². The van der Waals surface area contributed by atoms with Gasteiger partial charge in [0.15, 0.2) is 0 Å². The largest absolute Gasteiger partial charge is 0.337 e. The maximum Gasteiger partial charge on any atom is 0.253 e. The summed E-state index contributed by atoms with van der Waals surface area (Å²) in [6, 6.07) is 33.6. The summed E-state index contributed by atoms with van der Waals surface area (Å²) in [6.45, 7) is 3.76. The number of amides is 2. The zero-order valence-corrected chi connectivity index (χ0v) is 24.0. The van der Waals surface area contributed by atoms with Crippen molar-refractivity contribution < 1.29 is 9.59 Å². The second kappa shape index (κ2) is 12.5. The lowest BCUT2D eigenvalue weighted by molar-refractivity contribution is -0.115. The Hall–Kier alpha value is -4.55. The summed E-state index contributed by atoms with van der Waals surface area (Å²) in [5.74, 6) is -0.874. The first-order valence-electron chi connectivity index (χ1n) is 14.7. The number of carbonyl (C=O) groups is 2. The van der Waals surface area contributed by atoms with E-state index in [2.05, 4.69) is 22.3 Å². The van der Waals surface area contributed by atoms with Crippen LogP contribution in [0.25, 0.3) is 0 Å². The lowest BCUT2D eigenvalue weighted by atomic mass is 9.89. The first-order chi connectivity index (χ1) is 20.5. The normalized spacial score (nSPS) is 17.0. The van der Waals surface area contributed by atoms with E-state index in [1.54, 1.807) is 18.0 Å². The lowest BCUT2D eigenvalue weighted by Gasteiger charge is -2.26. The van der Waals surface area contributed by atoms with Gasteiger partial charge in [-0.05, 0) is 78.5 Å². The molecule has 0 radical (unpaired) electrons. The van der Waals surface area contributed by atoms with Crippen LogP contribution in [0.15, 0.2) is 108 Å². The molecule has 1 N–H and O–H groups in total. The van der Waals surface area contributed by atoms with E-state index >= 15 is 0 Å². The van der Waals surface area contributed by atoms with Crippen molar-refractivity contribution in [3.8, 4) is 0 Å². The first kappa shape index (κ1) is 27.6. The minimum Gasteiger partial charge on any atom is -0.337 e. The summed E-state index contributed by atoms with van der Waals surface area (Å²) >= 11 is 0. The summed E-state index contributed by atoms with van der Waals surface area (Å²) in [7, 11) is 1.80. The number of rotatable bonds is 8.